The second kappa shape index (κ2) is 8.28. The number of aromatic nitrogens is 1. The minimum absolute atomic E-state index is 0.000989. The molecule has 1 N–H and O–H groups in total. The van der Waals surface area contributed by atoms with Gasteiger partial charge in [0.25, 0.3) is 0 Å². The third-order valence-electron chi connectivity index (χ3n) is 5.80. The molecule has 0 saturated carbocycles. The van der Waals surface area contributed by atoms with Gasteiger partial charge in [-0.3, -0.25) is 4.90 Å². The van der Waals surface area contributed by atoms with E-state index in [-0.39, 0.29) is 6.04 Å². The van der Waals surface area contributed by atoms with Crippen LogP contribution in [0.25, 0.3) is 10.8 Å². The van der Waals surface area contributed by atoms with Crippen LogP contribution in [0.15, 0.2) is 65.7 Å². The molecule has 0 spiro atoms. The van der Waals surface area contributed by atoms with Crippen molar-refractivity contribution < 1.29 is 8.42 Å². The average Bonchev–Trinajstić information content (AvgIpc) is 3.14. The molecule has 0 bridgehead atoms. The zero-order chi connectivity index (χ0) is 20.4. The van der Waals surface area contributed by atoms with Gasteiger partial charge in [0, 0.05) is 51.7 Å². The van der Waals surface area contributed by atoms with E-state index >= 15 is 0 Å². The van der Waals surface area contributed by atoms with Crippen molar-refractivity contribution in [3.8, 4) is 0 Å². The molecule has 6 nitrogen and oxygen atoms in total. The SMILES string of the molecule is CN1CCN(C(CNS(=O)(=O)c2ccc3ccccc3c2)c2cccn2C)CC1. The Kier molecular flexibility index (Phi) is 5.74. The number of likely N-dealkylation sites (N-methyl/N-ethyl adjacent to an activating group) is 1. The average molecular weight is 413 g/mol. The normalized spacial score (nSPS) is 17.6. The highest BCUT2D eigenvalue weighted by molar-refractivity contribution is 7.89. The molecule has 1 fully saturated rings. The molecule has 3 aromatic rings. The highest BCUT2D eigenvalue weighted by Crippen LogP contribution is 2.23. The van der Waals surface area contributed by atoms with Gasteiger partial charge in [-0.05, 0) is 42.1 Å². The maximum absolute atomic E-state index is 13.0. The molecule has 1 saturated heterocycles. The summed E-state index contributed by atoms with van der Waals surface area (Å²) in [6, 6.07) is 17.2. The topological polar surface area (TPSA) is 57.6 Å². The number of hydrogen-bond acceptors (Lipinski definition) is 4. The van der Waals surface area contributed by atoms with Crippen LogP contribution in [0.5, 0.6) is 0 Å². The highest BCUT2D eigenvalue weighted by Gasteiger charge is 2.27. The zero-order valence-corrected chi connectivity index (χ0v) is 17.8. The van der Waals surface area contributed by atoms with E-state index in [9.17, 15) is 8.42 Å². The van der Waals surface area contributed by atoms with Gasteiger partial charge < -0.3 is 9.47 Å². The molecule has 29 heavy (non-hydrogen) atoms. The van der Waals surface area contributed by atoms with Crippen molar-refractivity contribution in [2.75, 3.05) is 39.8 Å². The summed E-state index contributed by atoms with van der Waals surface area (Å²) < 4.78 is 31.0. The van der Waals surface area contributed by atoms with E-state index in [2.05, 4.69) is 32.2 Å². The minimum Gasteiger partial charge on any atom is -0.353 e. The summed E-state index contributed by atoms with van der Waals surface area (Å²) in [4.78, 5) is 4.98. The molecule has 1 atom stereocenters. The maximum Gasteiger partial charge on any atom is 0.240 e. The fourth-order valence-corrected chi connectivity index (χ4v) is 5.05. The van der Waals surface area contributed by atoms with Crippen LogP contribution in [0, 0.1) is 0 Å². The molecule has 4 rings (SSSR count). The first-order valence-corrected chi connectivity index (χ1v) is 11.4. The number of fused-ring (bicyclic) bond motifs is 1. The summed E-state index contributed by atoms with van der Waals surface area (Å²) in [7, 11) is 0.536. The fraction of sp³-hybridized carbons (Fsp3) is 0.364. The third-order valence-corrected chi connectivity index (χ3v) is 7.22. The Hall–Kier alpha value is -2.19. The maximum atomic E-state index is 13.0. The molecule has 7 heteroatoms. The quantitative estimate of drug-likeness (QED) is 0.676. The van der Waals surface area contributed by atoms with Crippen LogP contribution in [0.2, 0.25) is 0 Å². The van der Waals surface area contributed by atoms with Crippen molar-refractivity contribution in [2.24, 2.45) is 7.05 Å². The molecule has 1 aliphatic rings. The summed E-state index contributed by atoms with van der Waals surface area (Å²) in [5.41, 5.74) is 1.12. The van der Waals surface area contributed by atoms with Crippen LogP contribution >= 0.6 is 0 Å². The second-order valence-corrected chi connectivity index (χ2v) is 9.53. The Bertz CT molecular complexity index is 1080. The predicted octanol–water partition coefficient (Wildman–Crippen LogP) is 2.45. The summed E-state index contributed by atoms with van der Waals surface area (Å²) in [6.07, 6.45) is 2.01. The van der Waals surface area contributed by atoms with Gasteiger partial charge in [0.1, 0.15) is 0 Å². The van der Waals surface area contributed by atoms with Crippen molar-refractivity contribution >= 4 is 20.8 Å². The number of piperazine rings is 1. The zero-order valence-electron chi connectivity index (χ0n) is 17.0. The van der Waals surface area contributed by atoms with Crippen LogP contribution in [0.4, 0.5) is 0 Å². The molecule has 2 aromatic carbocycles. The van der Waals surface area contributed by atoms with Crippen LogP contribution in [-0.2, 0) is 17.1 Å². The number of sulfonamides is 1. The summed E-state index contributed by atoms with van der Waals surface area (Å²) >= 11 is 0. The van der Waals surface area contributed by atoms with Gasteiger partial charge in [-0.25, -0.2) is 13.1 Å². The summed E-state index contributed by atoms with van der Waals surface area (Å²) in [5, 5.41) is 1.96. The lowest BCUT2D eigenvalue weighted by atomic mass is 10.1. The van der Waals surface area contributed by atoms with E-state index in [4.69, 9.17) is 0 Å². The van der Waals surface area contributed by atoms with Crippen LogP contribution in [-0.4, -0.2) is 62.6 Å². The van der Waals surface area contributed by atoms with Crippen molar-refractivity contribution in [3.63, 3.8) is 0 Å². The second-order valence-electron chi connectivity index (χ2n) is 7.76. The van der Waals surface area contributed by atoms with E-state index in [0.29, 0.717) is 11.4 Å². The number of aryl methyl sites for hydroxylation is 1. The molecule has 0 amide bonds. The number of rotatable bonds is 6. The lowest BCUT2D eigenvalue weighted by molar-refractivity contribution is 0.109. The number of nitrogens with zero attached hydrogens (tertiary/aromatic N) is 3. The van der Waals surface area contributed by atoms with E-state index in [0.717, 1.165) is 42.6 Å². The lowest BCUT2D eigenvalue weighted by Gasteiger charge is -2.38. The summed E-state index contributed by atoms with van der Waals surface area (Å²) in [6.45, 7) is 4.15. The first-order chi connectivity index (χ1) is 13.9. The molecule has 0 radical (unpaired) electrons. The van der Waals surface area contributed by atoms with Gasteiger partial charge in [-0.2, -0.15) is 0 Å². The van der Waals surface area contributed by atoms with E-state index in [1.807, 2.05) is 49.6 Å². The summed E-state index contributed by atoms with van der Waals surface area (Å²) in [5.74, 6) is 0. The molecule has 1 aliphatic heterocycles. The van der Waals surface area contributed by atoms with Gasteiger partial charge in [-0.1, -0.05) is 30.3 Å². The lowest BCUT2D eigenvalue weighted by Crippen LogP contribution is -2.48. The number of benzene rings is 2. The Labute approximate surface area is 172 Å². The Morgan fingerprint density at radius 2 is 1.66 bits per heavy atom. The molecular formula is C22H28N4O2S. The molecular weight excluding hydrogens is 384 g/mol. The Balaban J connectivity index is 1.56. The predicted molar refractivity (Wildman–Crippen MR) is 116 cm³/mol. The number of nitrogens with one attached hydrogen (secondary N) is 1. The molecule has 2 heterocycles. The van der Waals surface area contributed by atoms with Gasteiger partial charge in [-0.15, -0.1) is 0 Å². The largest absolute Gasteiger partial charge is 0.353 e. The van der Waals surface area contributed by atoms with Crippen molar-refractivity contribution in [2.45, 2.75) is 10.9 Å². The highest BCUT2D eigenvalue weighted by atomic mass is 32.2. The van der Waals surface area contributed by atoms with Crippen molar-refractivity contribution in [1.29, 1.82) is 0 Å². The van der Waals surface area contributed by atoms with Gasteiger partial charge in [0.05, 0.1) is 10.9 Å². The molecule has 1 aromatic heterocycles. The fourth-order valence-electron chi connectivity index (χ4n) is 3.98. The first-order valence-electron chi connectivity index (χ1n) is 9.96. The van der Waals surface area contributed by atoms with Gasteiger partial charge in [0.15, 0.2) is 0 Å². The van der Waals surface area contributed by atoms with Gasteiger partial charge in [0.2, 0.25) is 10.0 Å². The molecule has 0 aliphatic carbocycles. The van der Waals surface area contributed by atoms with E-state index in [1.165, 1.54) is 0 Å². The van der Waals surface area contributed by atoms with E-state index in [1.54, 1.807) is 12.1 Å². The van der Waals surface area contributed by atoms with Crippen LogP contribution in [0.3, 0.4) is 0 Å². The molecule has 154 valence electrons. The van der Waals surface area contributed by atoms with Gasteiger partial charge >= 0.3 is 0 Å². The van der Waals surface area contributed by atoms with E-state index < -0.39 is 10.0 Å². The van der Waals surface area contributed by atoms with Crippen molar-refractivity contribution in [3.05, 3.63) is 66.5 Å². The van der Waals surface area contributed by atoms with Crippen LogP contribution in [0.1, 0.15) is 11.7 Å². The first kappa shape index (κ1) is 20.1. The minimum atomic E-state index is -3.60. The smallest absolute Gasteiger partial charge is 0.240 e. The van der Waals surface area contributed by atoms with Crippen molar-refractivity contribution in [1.82, 2.24) is 19.1 Å². The molecule has 1 unspecified atom stereocenters. The van der Waals surface area contributed by atoms with Crippen LogP contribution < -0.4 is 4.72 Å². The standard InChI is InChI=1S/C22H28N4O2S/c1-24-12-14-26(15-13-24)22(21-8-5-11-25(21)2)17-23-29(27,28)20-10-9-18-6-3-4-7-19(18)16-20/h3-11,16,22-23H,12-15,17H2,1-2H3. The Morgan fingerprint density at radius 3 is 2.34 bits per heavy atom. The Morgan fingerprint density at radius 1 is 0.931 bits per heavy atom. The third kappa shape index (κ3) is 4.38. The monoisotopic (exact) mass is 412 g/mol. The number of hydrogen-bond donors (Lipinski definition) is 1.